The minimum absolute atomic E-state index is 0.158. The van der Waals surface area contributed by atoms with Gasteiger partial charge in [-0.05, 0) is 35.5 Å². The molecule has 0 heterocycles. The Morgan fingerprint density at radius 1 is 0.806 bits per heavy atom. The van der Waals surface area contributed by atoms with Crippen molar-refractivity contribution in [1.82, 2.24) is 0 Å². The average molecular weight is 430 g/mol. The van der Waals surface area contributed by atoms with Crippen LogP contribution in [0.25, 0.3) is 0 Å². The molecule has 3 aromatic carbocycles. The summed E-state index contributed by atoms with van der Waals surface area (Å²) in [5.74, 6) is 2.17. The van der Waals surface area contributed by atoms with Gasteiger partial charge in [0.05, 0.1) is 12.7 Å². The van der Waals surface area contributed by atoms with Gasteiger partial charge in [-0.2, -0.15) is 0 Å². The molecule has 0 aliphatic rings. The molecule has 0 saturated heterocycles. The van der Waals surface area contributed by atoms with Gasteiger partial charge in [0.2, 0.25) is 0 Å². The molecule has 3 aromatic rings. The maximum atomic E-state index is 12.3. The van der Waals surface area contributed by atoms with E-state index >= 15 is 0 Å². The lowest BCUT2D eigenvalue weighted by Crippen LogP contribution is -2.27. The van der Waals surface area contributed by atoms with Crippen LogP contribution in [-0.4, -0.2) is 25.0 Å². The number of allylic oxidation sites excluding steroid dienone is 1. The topological polar surface area (TPSA) is 35.5 Å². The summed E-state index contributed by atoms with van der Waals surface area (Å²) in [6, 6.07) is 31.2. The number of benzene rings is 3. The summed E-state index contributed by atoms with van der Waals surface area (Å²) < 4.78 is 11.1. The van der Waals surface area contributed by atoms with E-state index in [1.54, 1.807) is 6.08 Å². The summed E-state index contributed by atoms with van der Waals surface area (Å²) >= 11 is 0. The fourth-order valence-electron chi connectivity index (χ4n) is 3.43. The Morgan fingerprint density at radius 2 is 1.26 bits per heavy atom. The van der Waals surface area contributed by atoms with Crippen molar-refractivity contribution in [3.05, 3.63) is 115 Å². The van der Waals surface area contributed by atoms with Crippen molar-refractivity contribution >= 4 is 34.6 Å². The molecule has 0 bridgehead atoms. The third-order valence-electron chi connectivity index (χ3n) is 4.73. The average Bonchev–Trinajstić information content (AvgIpc) is 2.83. The number of esters is 1. The Hall–Kier alpha value is -3.29. The van der Waals surface area contributed by atoms with Crippen molar-refractivity contribution in [2.75, 3.05) is 13.2 Å². The SMILES string of the molecule is C=CCOC(=O)/C=C(/C=P(c1ccccc1)(c1ccccc1)c1ccccc1)OCC. The Balaban J connectivity index is 2.34. The van der Waals surface area contributed by atoms with Gasteiger partial charge in [0, 0.05) is 0 Å². The molecule has 4 heteroatoms. The first-order valence-corrected chi connectivity index (χ1v) is 12.1. The zero-order chi connectivity index (χ0) is 21.9. The Bertz CT molecular complexity index is 968. The number of ether oxygens (including phenoxy) is 2. The molecule has 0 saturated carbocycles. The molecule has 3 rings (SSSR count). The normalized spacial score (nSPS) is 11.5. The lowest BCUT2D eigenvalue weighted by atomic mass is 10.4. The number of rotatable bonds is 9. The van der Waals surface area contributed by atoms with Crippen LogP contribution in [0.4, 0.5) is 0 Å². The van der Waals surface area contributed by atoms with E-state index in [0.29, 0.717) is 12.4 Å². The van der Waals surface area contributed by atoms with Crippen LogP contribution in [0.3, 0.4) is 0 Å². The molecule has 0 atom stereocenters. The van der Waals surface area contributed by atoms with E-state index in [1.165, 1.54) is 22.0 Å². The van der Waals surface area contributed by atoms with E-state index in [4.69, 9.17) is 9.47 Å². The highest BCUT2D eigenvalue weighted by Gasteiger charge is 2.26. The Kier molecular flexibility index (Phi) is 8.09. The molecule has 31 heavy (non-hydrogen) atoms. The number of hydrogen-bond donors (Lipinski definition) is 0. The highest BCUT2D eigenvalue weighted by Crippen LogP contribution is 2.44. The molecule has 0 N–H and O–H groups in total. The van der Waals surface area contributed by atoms with E-state index < -0.39 is 12.9 Å². The van der Waals surface area contributed by atoms with Gasteiger partial charge in [-0.15, -0.1) is 0 Å². The van der Waals surface area contributed by atoms with E-state index in [0.717, 1.165) is 0 Å². The molecular weight excluding hydrogens is 403 g/mol. The second-order valence-electron chi connectivity index (χ2n) is 6.76. The second kappa shape index (κ2) is 11.2. The molecule has 0 amide bonds. The van der Waals surface area contributed by atoms with Gasteiger partial charge in [0.15, 0.2) is 0 Å². The number of carbonyl (C=O) groups excluding carboxylic acids is 1. The van der Waals surface area contributed by atoms with Gasteiger partial charge in [0.25, 0.3) is 0 Å². The fourth-order valence-corrected chi connectivity index (χ4v) is 7.23. The maximum Gasteiger partial charge on any atom is 0.334 e. The molecule has 0 aliphatic carbocycles. The minimum atomic E-state index is -2.27. The fraction of sp³-hybridized carbons (Fsp3) is 0.111. The quantitative estimate of drug-likeness (QED) is 0.166. The first kappa shape index (κ1) is 22.4. The molecule has 0 aromatic heterocycles. The standard InChI is InChI=1S/C27H27O3P/c1-3-20-30-27(28)21-23(29-4-2)22-31(24-14-8-5-9-15-24,25-16-10-6-11-17-25)26-18-12-7-13-19-26/h3,5-19,21-22H,1,4,20H2,2H3/b23-21-. The van der Waals surface area contributed by atoms with E-state index in [1.807, 2.05) is 61.5 Å². The van der Waals surface area contributed by atoms with Crippen LogP contribution in [-0.2, 0) is 14.3 Å². The molecule has 0 aliphatic heterocycles. The van der Waals surface area contributed by atoms with Crippen molar-refractivity contribution in [2.45, 2.75) is 6.92 Å². The van der Waals surface area contributed by atoms with Crippen molar-refractivity contribution in [2.24, 2.45) is 0 Å². The summed E-state index contributed by atoms with van der Waals surface area (Å²) in [5.41, 5.74) is 0. The predicted octanol–water partition coefficient (Wildman–Crippen LogP) is 4.43. The summed E-state index contributed by atoms with van der Waals surface area (Å²) in [5, 5.41) is 3.53. The largest absolute Gasteiger partial charge is 0.494 e. The van der Waals surface area contributed by atoms with Crippen LogP contribution < -0.4 is 15.9 Å². The molecule has 0 unspecified atom stereocenters. The summed E-state index contributed by atoms with van der Waals surface area (Å²) in [7, 11) is 0. The monoisotopic (exact) mass is 430 g/mol. The van der Waals surface area contributed by atoms with Crippen molar-refractivity contribution in [3.8, 4) is 0 Å². The van der Waals surface area contributed by atoms with Crippen LogP contribution in [0.2, 0.25) is 0 Å². The molecule has 3 nitrogen and oxygen atoms in total. The lowest BCUT2D eigenvalue weighted by molar-refractivity contribution is -0.136. The zero-order valence-corrected chi connectivity index (χ0v) is 18.6. The van der Waals surface area contributed by atoms with Crippen LogP contribution in [0.5, 0.6) is 0 Å². The molecule has 0 fully saturated rings. The number of carbonyl (C=O) groups is 1. The van der Waals surface area contributed by atoms with Gasteiger partial charge in [0.1, 0.15) is 12.4 Å². The molecule has 0 radical (unpaired) electrons. The third kappa shape index (κ3) is 5.45. The minimum Gasteiger partial charge on any atom is -0.494 e. The van der Waals surface area contributed by atoms with Crippen LogP contribution in [0.15, 0.2) is 115 Å². The maximum absolute atomic E-state index is 12.3. The summed E-state index contributed by atoms with van der Waals surface area (Å²) in [4.78, 5) is 12.3. The van der Waals surface area contributed by atoms with Gasteiger partial charge in [-0.25, -0.2) is 4.79 Å². The van der Waals surface area contributed by atoms with Gasteiger partial charge in [-0.1, -0.05) is 104 Å². The Labute approximate surface area is 184 Å². The highest BCUT2D eigenvalue weighted by molar-refractivity contribution is 7.94. The third-order valence-corrected chi connectivity index (χ3v) is 8.71. The van der Waals surface area contributed by atoms with E-state index in [-0.39, 0.29) is 6.61 Å². The first-order valence-electron chi connectivity index (χ1n) is 10.2. The first-order chi connectivity index (χ1) is 15.2. The zero-order valence-electron chi connectivity index (χ0n) is 17.7. The van der Waals surface area contributed by atoms with E-state index in [9.17, 15) is 4.79 Å². The van der Waals surface area contributed by atoms with Crippen LogP contribution in [0.1, 0.15) is 6.92 Å². The number of hydrogen-bond acceptors (Lipinski definition) is 3. The molecule has 0 spiro atoms. The van der Waals surface area contributed by atoms with Crippen molar-refractivity contribution in [1.29, 1.82) is 0 Å². The van der Waals surface area contributed by atoms with Gasteiger partial charge < -0.3 is 9.47 Å². The smallest absolute Gasteiger partial charge is 0.334 e. The van der Waals surface area contributed by atoms with Gasteiger partial charge in [-0.3, -0.25) is 0 Å². The highest BCUT2D eigenvalue weighted by atomic mass is 31.2. The van der Waals surface area contributed by atoms with Crippen molar-refractivity contribution < 1.29 is 14.3 Å². The summed E-state index contributed by atoms with van der Waals surface area (Å²) in [6.07, 6.45) is 2.97. The lowest BCUT2D eigenvalue weighted by Gasteiger charge is -2.29. The van der Waals surface area contributed by atoms with Crippen molar-refractivity contribution in [3.63, 3.8) is 0 Å². The van der Waals surface area contributed by atoms with Crippen LogP contribution >= 0.6 is 6.89 Å². The Morgan fingerprint density at radius 3 is 1.65 bits per heavy atom. The molecular formula is C27H27O3P. The predicted molar refractivity (Wildman–Crippen MR) is 132 cm³/mol. The molecule has 158 valence electrons. The van der Waals surface area contributed by atoms with Gasteiger partial charge >= 0.3 is 5.97 Å². The second-order valence-corrected chi connectivity index (χ2v) is 10.0. The summed E-state index contributed by atoms with van der Waals surface area (Å²) in [6.45, 7) is 3.83. The van der Waals surface area contributed by atoms with E-state index in [2.05, 4.69) is 48.8 Å². The van der Waals surface area contributed by atoms with Crippen LogP contribution in [0, 0.1) is 0 Å².